The second-order valence-corrected chi connectivity index (χ2v) is 12.8. The number of ether oxygens (including phenoxy) is 1. The molecule has 0 radical (unpaired) electrons. The summed E-state index contributed by atoms with van der Waals surface area (Å²) in [5, 5.41) is 9.27. The molecule has 1 heterocycles. The third kappa shape index (κ3) is 4.51. The third-order valence-electron chi connectivity index (χ3n) is 10.5. The van der Waals surface area contributed by atoms with Crippen molar-refractivity contribution in [1.82, 2.24) is 4.90 Å². The van der Waals surface area contributed by atoms with Crippen LogP contribution in [0.5, 0.6) is 5.75 Å². The number of nitrogens with zero attached hydrogens (tertiary/aromatic N) is 1. The van der Waals surface area contributed by atoms with Crippen LogP contribution in [-0.2, 0) is 24.6 Å². The van der Waals surface area contributed by atoms with Gasteiger partial charge in [-0.3, -0.25) is 24.1 Å². The molecule has 7 rings (SSSR count). The van der Waals surface area contributed by atoms with Crippen molar-refractivity contribution in [2.75, 3.05) is 19.8 Å². The molecular weight excluding hydrogens is 578 g/mol. The molecule has 0 bridgehead atoms. The maximum Gasteiger partial charge on any atom is 0.233 e. The van der Waals surface area contributed by atoms with E-state index in [1.807, 2.05) is 91.9 Å². The number of ketones is 2. The van der Waals surface area contributed by atoms with E-state index in [9.17, 15) is 24.3 Å². The van der Waals surface area contributed by atoms with Crippen molar-refractivity contribution in [1.29, 1.82) is 0 Å². The Balaban J connectivity index is 1.46. The standard InChI is InChI=1S/C39H37NO6/c1-2-19-40-37(44)29-18-17-28-31(34(29)38(40)45)22-32-36(43)30(24-9-5-3-6-10-24)23-33(42)39(32,26-11-7-4-8-12-26)35(28)25-13-15-27(16-14-25)46-21-20-41/h3-17,23,29,31-32,34-35,41H,2,18-22H2,1H3/t29-,31+,32-,34-,35-,39-/m0/s1. The molecule has 4 aliphatic rings. The lowest BCUT2D eigenvalue weighted by Crippen LogP contribution is -2.58. The fraction of sp³-hybridized carbons (Fsp3) is 0.333. The van der Waals surface area contributed by atoms with E-state index in [-0.39, 0.29) is 42.5 Å². The van der Waals surface area contributed by atoms with Crippen molar-refractivity contribution in [2.24, 2.45) is 23.7 Å². The summed E-state index contributed by atoms with van der Waals surface area (Å²) in [5.41, 5.74) is 2.36. The minimum Gasteiger partial charge on any atom is -0.491 e. The molecule has 0 spiro atoms. The smallest absolute Gasteiger partial charge is 0.233 e. The normalized spacial score (nSPS) is 28.7. The molecule has 1 saturated carbocycles. The molecule has 1 N–H and O–H groups in total. The minimum atomic E-state index is -1.26. The number of aliphatic hydroxyl groups excluding tert-OH is 1. The highest BCUT2D eigenvalue weighted by Gasteiger charge is 2.65. The minimum absolute atomic E-state index is 0.116. The van der Waals surface area contributed by atoms with Crippen molar-refractivity contribution in [3.8, 4) is 5.75 Å². The van der Waals surface area contributed by atoms with Gasteiger partial charge in [0.05, 0.1) is 23.9 Å². The van der Waals surface area contributed by atoms with Crippen LogP contribution in [0, 0.1) is 23.7 Å². The Morgan fingerprint density at radius 2 is 1.57 bits per heavy atom. The maximum atomic E-state index is 15.0. The monoisotopic (exact) mass is 615 g/mol. The van der Waals surface area contributed by atoms with Gasteiger partial charge >= 0.3 is 0 Å². The first-order valence-corrected chi connectivity index (χ1v) is 16.2. The molecule has 3 aromatic rings. The summed E-state index contributed by atoms with van der Waals surface area (Å²) in [4.78, 5) is 58.8. The van der Waals surface area contributed by atoms with Crippen LogP contribution in [0.15, 0.2) is 103 Å². The van der Waals surface area contributed by atoms with Crippen molar-refractivity contribution in [2.45, 2.75) is 37.5 Å². The topological polar surface area (TPSA) is 101 Å². The molecule has 2 amide bonds. The zero-order valence-electron chi connectivity index (χ0n) is 25.8. The van der Waals surface area contributed by atoms with Gasteiger partial charge in [0.1, 0.15) is 12.4 Å². The number of amides is 2. The zero-order valence-corrected chi connectivity index (χ0v) is 25.8. The Kier molecular flexibility index (Phi) is 7.81. The Morgan fingerprint density at radius 1 is 0.870 bits per heavy atom. The van der Waals surface area contributed by atoms with Crippen molar-refractivity contribution in [3.05, 3.63) is 119 Å². The SMILES string of the molecule is CCCN1C(=O)[C@H]2[C@H](CC=C3[C@H]2C[C@H]2C(=O)C(c4ccccc4)=CC(=O)[C@@]2(c2ccccc2)[C@H]3c2ccc(OCCO)cc2)C1=O. The fourth-order valence-corrected chi connectivity index (χ4v) is 8.68. The number of fused-ring (bicyclic) bond motifs is 4. The molecular formula is C39H37NO6. The lowest BCUT2D eigenvalue weighted by molar-refractivity contribution is -0.140. The van der Waals surface area contributed by atoms with Gasteiger partial charge < -0.3 is 9.84 Å². The Bertz CT molecular complexity index is 1740. The quantitative estimate of drug-likeness (QED) is 0.273. The molecule has 2 fully saturated rings. The number of carbonyl (C=O) groups excluding carboxylic acids is 4. The number of benzene rings is 3. The number of hydrogen-bond acceptors (Lipinski definition) is 6. The largest absolute Gasteiger partial charge is 0.491 e. The van der Waals surface area contributed by atoms with Gasteiger partial charge in [-0.15, -0.1) is 0 Å². The van der Waals surface area contributed by atoms with Gasteiger partial charge in [0.2, 0.25) is 11.8 Å². The Hall–Kier alpha value is -4.62. The van der Waals surface area contributed by atoms with Crippen LogP contribution in [0.4, 0.5) is 0 Å². The number of Topliss-reactive ketones (excluding diaryl/α,β-unsaturated/α-hetero) is 1. The summed E-state index contributed by atoms with van der Waals surface area (Å²) >= 11 is 0. The van der Waals surface area contributed by atoms with Gasteiger partial charge in [-0.2, -0.15) is 0 Å². The van der Waals surface area contributed by atoms with Gasteiger partial charge in [0.15, 0.2) is 11.6 Å². The molecule has 234 valence electrons. The van der Waals surface area contributed by atoms with E-state index >= 15 is 0 Å². The highest BCUT2D eigenvalue weighted by atomic mass is 16.5. The maximum absolute atomic E-state index is 15.0. The van der Waals surface area contributed by atoms with E-state index in [1.165, 1.54) is 11.0 Å². The van der Waals surface area contributed by atoms with E-state index in [2.05, 4.69) is 6.08 Å². The number of likely N-dealkylation sites (tertiary alicyclic amines) is 1. The lowest BCUT2D eigenvalue weighted by Gasteiger charge is -2.55. The first-order valence-electron chi connectivity index (χ1n) is 16.2. The summed E-state index contributed by atoms with van der Waals surface area (Å²) in [6.45, 7) is 2.37. The number of imide groups is 1. The van der Waals surface area contributed by atoms with E-state index in [4.69, 9.17) is 4.74 Å². The fourth-order valence-electron chi connectivity index (χ4n) is 8.68. The van der Waals surface area contributed by atoms with Crippen LogP contribution in [0.1, 0.15) is 48.8 Å². The molecule has 1 saturated heterocycles. The molecule has 7 heteroatoms. The van der Waals surface area contributed by atoms with E-state index in [0.29, 0.717) is 42.7 Å². The van der Waals surface area contributed by atoms with Crippen LogP contribution in [0.25, 0.3) is 5.57 Å². The summed E-state index contributed by atoms with van der Waals surface area (Å²) < 4.78 is 5.66. The van der Waals surface area contributed by atoms with Crippen LogP contribution >= 0.6 is 0 Å². The molecule has 6 atom stereocenters. The summed E-state index contributed by atoms with van der Waals surface area (Å²) in [6.07, 6.45) is 5.00. The summed E-state index contributed by atoms with van der Waals surface area (Å²) in [6, 6.07) is 26.4. The van der Waals surface area contributed by atoms with Gasteiger partial charge in [-0.1, -0.05) is 91.4 Å². The molecule has 1 aliphatic heterocycles. The molecule has 3 aromatic carbocycles. The van der Waals surface area contributed by atoms with Crippen molar-refractivity contribution >= 4 is 29.0 Å². The molecule has 46 heavy (non-hydrogen) atoms. The molecule has 0 unspecified atom stereocenters. The number of hydrogen-bond donors (Lipinski definition) is 1. The van der Waals surface area contributed by atoms with E-state index in [1.54, 1.807) is 0 Å². The van der Waals surface area contributed by atoms with Crippen LogP contribution in [0.3, 0.4) is 0 Å². The Labute approximate surface area is 268 Å². The van der Waals surface area contributed by atoms with Gasteiger partial charge in [-0.25, -0.2) is 0 Å². The number of rotatable bonds is 8. The average molecular weight is 616 g/mol. The molecule has 0 aromatic heterocycles. The summed E-state index contributed by atoms with van der Waals surface area (Å²) in [5.74, 6) is -2.71. The number of carbonyl (C=O) groups is 4. The lowest BCUT2D eigenvalue weighted by atomic mass is 9.44. The van der Waals surface area contributed by atoms with E-state index < -0.39 is 29.1 Å². The second-order valence-electron chi connectivity index (χ2n) is 12.8. The van der Waals surface area contributed by atoms with Crippen LogP contribution < -0.4 is 4.74 Å². The molecule has 3 aliphatic carbocycles. The predicted molar refractivity (Wildman–Crippen MR) is 173 cm³/mol. The van der Waals surface area contributed by atoms with Gasteiger partial charge in [0, 0.05) is 24.0 Å². The van der Waals surface area contributed by atoms with Crippen LogP contribution in [0.2, 0.25) is 0 Å². The predicted octanol–water partition coefficient (Wildman–Crippen LogP) is 5.29. The highest BCUT2D eigenvalue weighted by molar-refractivity contribution is 6.31. The first kappa shape index (κ1) is 30.1. The average Bonchev–Trinajstić information content (AvgIpc) is 3.34. The second kappa shape index (κ2) is 12.0. The summed E-state index contributed by atoms with van der Waals surface area (Å²) in [7, 11) is 0. The zero-order chi connectivity index (χ0) is 32.0. The molecule has 7 nitrogen and oxygen atoms in total. The van der Waals surface area contributed by atoms with Crippen LogP contribution in [-0.4, -0.2) is 53.1 Å². The van der Waals surface area contributed by atoms with Gasteiger partial charge in [-0.05, 0) is 60.1 Å². The van der Waals surface area contributed by atoms with Crippen molar-refractivity contribution < 1.29 is 29.0 Å². The Morgan fingerprint density at radius 3 is 2.24 bits per heavy atom. The van der Waals surface area contributed by atoms with Crippen molar-refractivity contribution in [3.63, 3.8) is 0 Å². The third-order valence-corrected chi connectivity index (χ3v) is 10.5. The first-order chi connectivity index (χ1) is 22.4. The number of allylic oxidation sites excluding steroid dienone is 4. The number of aliphatic hydroxyl groups is 1. The van der Waals surface area contributed by atoms with Gasteiger partial charge in [0.25, 0.3) is 0 Å². The highest BCUT2D eigenvalue weighted by Crippen LogP contribution is 2.63. The van der Waals surface area contributed by atoms with E-state index in [0.717, 1.165) is 16.7 Å².